The van der Waals surface area contributed by atoms with E-state index >= 15 is 0 Å². The number of rotatable bonds is 1. The summed E-state index contributed by atoms with van der Waals surface area (Å²) in [6.45, 7) is 2.24. The Bertz CT molecular complexity index is 174. The van der Waals surface area contributed by atoms with Crippen molar-refractivity contribution < 1.29 is 14.3 Å². The first-order valence-electron chi connectivity index (χ1n) is 3.65. The molecule has 0 aliphatic carbocycles. The molecule has 0 aromatic rings. The minimum atomic E-state index is -1.22. The van der Waals surface area contributed by atoms with Crippen molar-refractivity contribution in [1.29, 1.82) is 0 Å². The molecule has 1 aliphatic rings. The van der Waals surface area contributed by atoms with Crippen LogP contribution in [0.25, 0.3) is 0 Å². The highest BCUT2D eigenvalue weighted by Gasteiger charge is 2.43. The van der Waals surface area contributed by atoms with Gasteiger partial charge in [-0.3, -0.25) is 4.79 Å². The van der Waals surface area contributed by atoms with E-state index in [-0.39, 0.29) is 6.54 Å². The zero-order valence-electron chi connectivity index (χ0n) is 6.43. The van der Waals surface area contributed by atoms with Gasteiger partial charge in [0, 0.05) is 6.54 Å². The highest BCUT2D eigenvalue weighted by atomic mass is 19.1. The standard InChI is InChI=1S/C7H12FNO2/c1-7(6(10)11)4-9-3-2-5(7)8/h5,9H,2-4H2,1H3,(H,10,11). The van der Waals surface area contributed by atoms with E-state index in [1.165, 1.54) is 6.92 Å². The van der Waals surface area contributed by atoms with E-state index in [1.807, 2.05) is 0 Å². The maximum Gasteiger partial charge on any atom is 0.313 e. The van der Waals surface area contributed by atoms with E-state index in [2.05, 4.69) is 5.32 Å². The van der Waals surface area contributed by atoms with Crippen molar-refractivity contribution in [3.8, 4) is 0 Å². The second kappa shape index (κ2) is 2.77. The monoisotopic (exact) mass is 161 g/mol. The van der Waals surface area contributed by atoms with E-state index in [1.54, 1.807) is 0 Å². The average molecular weight is 161 g/mol. The van der Waals surface area contributed by atoms with Crippen LogP contribution >= 0.6 is 0 Å². The molecule has 1 aliphatic heterocycles. The zero-order chi connectivity index (χ0) is 8.48. The van der Waals surface area contributed by atoms with Crippen LogP contribution in [0.4, 0.5) is 4.39 Å². The van der Waals surface area contributed by atoms with Gasteiger partial charge in [-0.1, -0.05) is 0 Å². The normalized spacial score (nSPS) is 38.5. The van der Waals surface area contributed by atoms with E-state index in [0.29, 0.717) is 13.0 Å². The molecule has 11 heavy (non-hydrogen) atoms. The van der Waals surface area contributed by atoms with Gasteiger partial charge in [-0.25, -0.2) is 4.39 Å². The Balaban J connectivity index is 2.72. The summed E-state index contributed by atoms with van der Waals surface area (Å²) in [5, 5.41) is 11.6. The molecule has 1 heterocycles. The molecule has 0 aromatic heterocycles. The molecular formula is C7H12FNO2. The summed E-state index contributed by atoms with van der Waals surface area (Å²) < 4.78 is 13.1. The van der Waals surface area contributed by atoms with Crippen molar-refractivity contribution in [2.24, 2.45) is 5.41 Å². The van der Waals surface area contributed by atoms with Gasteiger partial charge < -0.3 is 10.4 Å². The Kier molecular flexibility index (Phi) is 2.13. The van der Waals surface area contributed by atoms with E-state index in [9.17, 15) is 9.18 Å². The number of hydrogen-bond donors (Lipinski definition) is 2. The lowest BCUT2D eigenvalue weighted by Crippen LogP contribution is -2.50. The zero-order valence-corrected chi connectivity index (χ0v) is 6.43. The molecule has 0 radical (unpaired) electrons. The van der Waals surface area contributed by atoms with Crippen LogP contribution in [0.15, 0.2) is 0 Å². The number of nitrogens with one attached hydrogen (secondary N) is 1. The predicted octanol–water partition coefficient (Wildman–Crippen LogP) is 0.409. The third kappa shape index (κ3) is 1.35. The summed E-state index contributed by atoms with van der Waals surface area (Å²) in [5.74, 6) is -1.06. The number of hydrogen-bond acceptors (Lipinski definition) is 2. The van der Waals surface area contributed by atoms with Crippen LogP contribution in [0.2, 0.25) is 0 Å². The lowest BCUT2D eigenvalue weighted by Gasteiger charge is -2.33. The van der Waals surface area contributed by atoms with Gasteiger partial charge in [0.1, 0.15) is 11.6 Å². The number of carboxylic acid groups (broad SMARTS) is 1. The van der Waals surface area contributed by atoms with Gasteiger partial charge in [0.15, 0.2) is 0 Å². The topological polar surface area (TPSA) is 49.3 Å². The van der Waals surface area contributed by atoms with Gasteiger partial charge >= 0.3 is 5.97 Å². The Morgan fingerprint density at radius 3 is 2.82 bits per heavy atom. The van der Waals surface area contributed by atoms with Crippen molar-refractivity contribution >= 4 is 5.97 Å². The van der Waals surface area contributed by atoms with E-state index in [4.69, 9.17) is 5.11 Å². The molecular weight excluding hydrogens is 149 g/mol. The largest absolute Gasteiger partial charge is 0.481 e. The van der Waals surface area contributed by atoms with Crippen LogP contribution in [0.3, 0.4) is 0 Å². The summed E-state index contributed by atoms with van der Waals surface area (Å²) >= 11 is 0. The van der Waals surface area contributed by atoms with Gasteiger partial charge in [-0.05, 0) is 19.9 Å². The summed E-state index contributed by atoms with van der Waals surface area (Å²) in [5.41, 5.74) is -1.22. The Hall–Kier alpha value is -0.640. The molecule has 0 saturated carbocycles. The maximum atomic E-state index is 13.1. The predicted molar refractivity (Wildman–Crippen MR) is 38.1 cm³/mol. The first-order chi connectivity index (χ1) is 5.07. The molecule has 2 unspecified atom stereocenters. The lowest BCUT2D eigenvalue weighted by atomic mass is 9.81. The minimum Gasteiger partial charge on any atom is -0.481 e. The highest BCUT2D eigenvalue weighted by Crippen LogP contribution is 2.28. The number of halogens is 1. The number of alkyl halides is 1. The maximum absolute atomic E-state index is 13.1. The number of piperidine rings is 1. The van der Waals surface area contributed by atoms with Crippen LogP contribution in [-0.4, -0.2) is 30.3 Å². The van der Waals surface area contributed by atoms with Crippen LogP contribution in [0.5, 0.6) is 0 Å². The van der Waals surface area contributed by atoms with Crippen molar-refractivity contribution in [1.82, 2.24) is 5.32 Å². The van der Waals surface area contributed by atoms with Gasteiger partial charge in [0.05, 0.1) is 0 Å². The van der Waals surface area contributed by atoms with Gasteiger partial charge in [0.25, 0.3) is 0 Å². The summed E-state index contributed by atoms with van der Waals surface area (Å²) in [7, 11) is 0. The summed E-state index contributed by atoms with van der Waals surface area (Å²) in [4.78, 5) is 10.6. The van der Waals surface area contributed by atoms with Gasteiger partial charge in [-0.15, -0.1) is 0 Å². The molecule has 1 fully saturated rings. The number of carbonyl (C=O) groups is 1. The van der Waals surface area contributed by atoms with Gasteiger partial charge in [0.2, 0.25) is 0 Å². The molecule has 4 heteroatoms. The molecule has 1 saturated heterocycles. The molecule has 64 valence electrons. The highest BCUT2D eigenvalue weighted by molar-refractivity contribution is 5.75. The second-order valence-electron chi connectivity index (χ2n) is 3.16. The number of carboxylic acids is 1. The summed E-state index contributed by atoms with van der Waals surface area (Å²) in [6.07, 6.45) is -0.927. The Morgan fingerprint density at radius 1 is 1.82 bits per heavy atom. The first kappa shape index (κ1) is 8.46. The smallest absolute Gasteiger partial charge is 0.313 e. The molecule has 0 spiro atoms. The van der Waals surface area contributed by atoms with Crippen LogP contribution in [-0.2, 0) is 4.79 Å². The molecule has 2 N–H and O–H groups in total. The van der Waals surface area contributed by atoms with Crippen molar-refractivity contribution in [2.75, 3.05) is 13.1 Å². The third-order valence-electron chi connectivity index (χ3n) is 2.25. The molecule has 0 amide bonds. The minimum absolute atomic E-state index is 0.226. The average Bonchev–Trinajstić information content (AvgIpc) is 1.95. The fourth-order valence-corrected chi connectivity index (χ4v) is 1.22. The second-order valence-corrected chi connectivity index (χ2v) is 3.16. The Labute approximate surface area is 64.6 Å². The molecule has 0 bridgehead atoms. The van der Waals surface area contributed by atoms with E-state index in [0.717, 1.165) is 0 Å². The van der Waals surface area contributed by atoms with Crippen LogP contribution in [0.1, 0.15) is 13.3 Å². The van der Waals surface area contributed by atoms with E-state index < -0.39 is 17.6 Å². The summed E-state index contributed by atoms with van der Waals surface area (Å²) in [6, 6.07) is 0. The fraction of sp³-hybridized carbons (Fsp3) is 0.857. The van der Waals surface area contributed by atoms with Crippen LogP contribution < -0.4 is 5.32 Å². The lowest BCUT2D eigenvalue weighted by molar-refractivity contribution is -0.153. The SMILES string of the molecule is CC1(C(=O)O)CNCCC1F. The van der Waals surface area contributed by atoms with Gasteiger partial charge in [-0.2, -0.15) is 0 Å². The third-order valence-corrected chi connectivity index (χ3v) is 2.25. The first-order valence-corrected chi connectivity index (χ1v) is 3.65. The fourth-order valence-electron chi connectivity index (χ4n) is 1.22. The quantitative estimate of drug-likeness (QED) is 0.585. The Morgan fingerprint density at radius 2 is 2.45 bits per heavy atom. The molecule has 2 atom stereocenters. The van der Waals surface area contributed by atoms with Crippen molar-refractivity contribution in [3.05, 3.63) is 0 Å². The molecule has 1 rings (SSSR count). The van der Waals surface area contributed by atoms with Crippen molar-refractivity contribution in [2.45, 2.75) is 19.5 Å². The molecule has 0 aromatic carbocycles. The van der Waals surface area contributed by atoms with Crippen molar-refractivity contribution in [3.63, 3.8) is 0 Å². The molecule has 3 nitrogen and oxygen atoms in total. The van der Waals surface area contributed by atoms with Crippen LogP contribution in [0, 0.1) is 5.41 Å². The number of aliphatic carboxylic acids is 1.